The number of rotatable bonds is 4. The van der Waals surface area contributed by atoms with Gasteiger partial charge in [-0.15, -0.1) is 0 Å². The van der Waals surface area contributed by atoms with Crippen LogP contribution in [0.15, 0.2) is 30.3 Å². The molecule has 1 heterocycles. The minimum Gasteiger partial charge on any atom is -0.465 e. The summed E-state index contributed by atoms with van der Waals surface area (Å²) in [4.78, 5) is 10.7. The van der Waals surface area contributed by atoms with E-state index in [1.54, 1.807) is 0 Å². The van der Waals surface area contributed by atoms with Gasteiger partial charge in [-0.2, -0.15) is 0 Å². The van der Waals surface area contributed by atoms with Gasteiger partial charge in [0.2, 0.25) is 0 Å². The normalized spacial score (nSPS) is 23.4. The molecule has 1 aromatic carbocycles. The predicted molar refractivity (Wildman–Crippen MR) is 66.2 cm³/mol. The standard InChI is InChI=1S/C14H18O4/c1-11(15)16-10-13-8-5-9-14(18-13)17-12-6-3-2-4-7-12/h2-4,6-7,13-14H,5,8-10H2,1H3/t13-,14-/m1/s1. The zero-order chi connectivity index (χ0) is 12.8. The first-order chi connectivity index (χ1) is 8.74. The Balaban J connectivity index is 1.81. The van der Waals surface area contributed by atoms with Crippen LogP contribution in [0.3, 0.4) is 0 Å². The summed E-state index contributed by atoms with van der Waals surface area (Å²) in [6, 6.07) is 9.60. The Bertz CT molecular complexity index is 377. The average molecular weight is 250 g/mol. The van der Waals surface area contributed by atoms with Crippen LogP contribution in [0.4, 0.5) is 0 Å². The van der Waals surface area contributed by atoms with Gasteiger partial charge in [0.1, 0.15) is 12.4 Å². The molecule has 1 aromatic rings. The summed E-state index contributed by atoms with van der Waals surface area (Å²) < 4.78 is 16.4. The maximum Gasteiger partial charge on any atom is 0.302 e. The third kappa shape index (κ3) is 4.04. The second kappa shape index (κ2) is 6.40. The Labute approximate surface area is 107 Å². The van der Waals surface area contributed by atoms with Gasteiger partial charge in [-0.1, -0.05) is 18.2 Å². The van der Waals surface area contributed by atoms with Gasteiger partial charge in [0.25, 0.3) is 0 Å². The van der Waals surface area contributed by atoms with Crippen LogP contribution in [0.1, 0.15) is 26.2 Å². The Hall–Kier alpha value is -1.55. The van der Waals surface area contributed by atoms with Crippen molar-refractivity contribution in [2.24, 2.45) is 0 Å². The second-order valence-corrected chi connectivity index (χ2v) is 4.35. The zero-order valence-corrected chi connectivity index (χ0v) is 10.5. The van der Waals surface area contributed by atoms with E-state index >= 15 is 0 Å². The van der Waals surface area contributed by atoms with Gasteiger partial charge in [-0.3, -0.25) is 4.79 Å². The number of carbonyl (C=O) groups is 1. The van der Waals surface area contributed by atoms with E-state index in [0.29, 0.717) is 6.61 Å². The van der Waals surface area contributed by atoms with Crippen molar-refractivity contribution in [1.82, 2.24) is 0 Å². The minimum absolute atomic E-state index is 0.0589. The summed E-state index contributed by atoms with van der Waals surface area (Å²) in [6.45, 7) is 1.71. The van der Waals surface area contributed by atoms with E-state index in [0.717, 1.165) is 25.0 Å². The van der Waals surface area contributed by atoms with Crippen LogP contribution in [0.2, 0.25) is 0 Å². The van der Waals surface area contributed by atoms with Crippen LogP contribution < -0.4 is 4.74 Å². The highest BCUT2D eigenvalue weighted by molar-refractivity contribution is 5.65. The highest BCUT2D eigenvalue weighted by atomic mass is 16.7. The molecule has 1 aliphatic rings. The van der Waals surface area contributed by atoms with Crippen LogP contribution >= 0.6 is 0 Å². The Morgan fingerprint density at radius 2 is 2.11 bits per heavy atom. The molecule has 0 aromatic heterocycles. The van der Waals surface area contributed by atoms with Crippen molar-refractivity contribution in [2.75, 3.05) is 6.61 Å². The summed E-state index contributed by atoms with van der Waals surface area (Å²) in [5, 5.41) is 0. The fourth-order valence-electron chi connectivity index (χ4n) is 1.93. The Morgan fingerprint density at radius 1 is 1.33 bits per heavy atom. The summed E-state index contributed by atoms with van der Waals surface area (Å²) in [7, 11) is 0. The summed E-state index contributed by atoms with van der Waals surface area (Å²) in [5.74, 6) is 0.528. The van der Waals surface area contributed by atoms with Crippen molar-refractivity contribution >= 4 is 5.97 Å². The van der Waals surface area contributed by atoms with Gasteiger partial charge in [0.15, 0.2) is 6.29 Å². The molecule has 98 valence electrons. The average Bonchev–Trinajstić information content (AvgIpc) is 2.38. The number of ether oxygens (including phenoxy) is 3. The van der Waals surface area contributed by atoms with Crippen molar-refractivity contribution in [3.8, 4) is 5.75 Å². The highest BCUT2D eigenvalue weighted by Crippen LogP contribution is 2.22. The molecule has 0 unspecified atom stereocenters. The lowest BCUT2D eigenvalue weighted by atomic mass is 10.1. The van der Waals surface area contributed by atoms with Crippen molar-refractivity contribution < 1.29 is 19.0 Å². The molecule has 0 radical (unpaired) electrons. The molecule has 4 nitrogen and oxygen atoms in total. The van der Waals surface area contributed by atoms with E-state index in [1.807, 2.05) is 30.3 Å². The van der Waals surface area contributed by atoms with E-state index in [9.17, 15) is 4.79 Å². The minimum atomic E-state index is -0.273. The van der Waals surface area contributed by atoms with Crippen LogP contribution in [0, 0.1) is 0 Å². The van der Waals surface area contributed by atoms with Gasteiger partial charge in [0.05, 0.1) is 6.10 Å². The first-order valence-corrected chi connectivity index (χ1v) is 6.24. The quantitative estimate of drug-likeness (QED) is 0.770. The van der Waals surface area contributed by atoms with Gasteiger partial charge in [-0.05, 0) is 25.0 Å². The lowest BCUT2D eigenvalue weighted by Gasteiger charge is -2.29. The summed E-state index contributed by atoms with van der Waals surface area (Å²) >= 11 is 0. The van der Waals surface area contributed by atoms with Gasteiger partial charge in [0, 0.05) is 13.3 Å². The molecule has 1 fully saturated rings. The Morgan fingerprint density at radius 3 is 2.83 bits per heavy atom. The van der Waals surface area contributed by atoms with Crippen LogP contribution in [-0.2, 0) is 14.3 Å². The SMILES string of the molecule is CC(=O)OC[C@H]1CCC[C@H](Oc2ccccc2)O1. The van der Waals surface area contributed by atoms with Gasteiger partial charge in [-0.25, -0.2) is 0 Å². The molecule has 1 aliphatic heterocycles. The molecule has 18 heavy (non-hydrogen) atoms. The number of esters is 1. The Kier molecular flexibility index (Phi) is 4.59. The lowest BCUT2D eigenvalue weighted by Crippen LogP contribution is -2.34. The first-order valence-electron chi connectivity index (χ1n) is 6.24. The van der Waals surface area contributed by atoms with E-state index in [1.165, 1.54) is 6.92 Å². The van der Waals surface area contributed by atoms with E-state index in [2.05, 4.69) is 0 Å². The van der Waals surface area contributed by atoms with Crippen molar-refractivity contribution in [3.05, 3.63) is 30.3 Å². The third-order valence-corrected chi connectivity index (χ3v) is 2.79. The fraction of sp³-hybridized carbons (Fsp3) is 0.500. The van der Waals surface area contributed by atoms with Crippen LogP contribution in [0.5, 0.6) is 5.75 Å². The molecule has 0 bridgehead atoms. The molecule has 0 aliphatic carbocycles. The van der Waals surface area contributed by atoms with Gasteiger partial charge < -0.3 is 14.2 Å². The van der Waals surface area contributed by atoms with Crippen molar-refractivity contribution in [2.45, 2.75) is 38.6 Å². The summed E-state index contributed by atoms with van der Waals surface area (Å²) in [5.41, 5.74) is 0. The molecule has 4 heteroatoms. The number of hydrogen-bond acceptors (Lipinski definition) is 4. The maximum atomic E-state index is 10.7. The molecule has 0 N–H and O–H groups in total. The molecular formula is C14H18O4. The molecule has 0 amide bonds. The molecule has 0 saturated carbocycles. The van der Waals surface area contributed by atoms with Crippen molar-refractivity contribution in [1.29, 1.82) is 0 Å². The summed E-state index contributed by atoms with van der Waals surface area (Å²) in [6.07, 6.45) is 2.48. The number of para-hydroxylation sites is 1. The second-order valence-electron chi connectivity index (χ2n) is 4.35. The first kappa shape index (κ1) is 12.9. The highest BCUT2D eigenvalue weighted by Gasteiger charge is 2.24. The monoisotopic (exact) mass is 250 g/mol. The van der Waals surface area contributed by atoms with Crippen LogP contribution in [0.25, 0.3) is 0 Å². The zero-order valence-electron chi connectivity index (χ0n) is 10.5. The van der Waals surface area contributed by atoms with E-state index < -0.39 is 0 Å². The molecule has 0 spiro atoms. The smallest absolute Gasteiger partial charge is 0.302 e. The van der Waals surface area contributed by atoms with Crippen molar-refractivity contribution in [3.63, 3.8) is 0 Å². The molecular weight excluding hydrogens is 232 g/mol. The van der Waals surface area contributed by atoms with Crippen LogP contribution in [-0.4, -0.2) is 25.0 Å². The number of carbonyl (C=O) groups excluding carboxylic acids is 1. The fourth-order valence-corrected chi connectivity index (χ4v) is 1.93. The van der Waals surface area contributed by atoms with E-state index in [4.69, 9.17) is 14.2 Å². The predicted octanol–water partition coefficient (Wildman–Crippen LogP) is 2.52. The number of hydrogen-bond donors (Lipinski definition) is 0. The van der Waals surface area contributed by atoms with E-state index in [-0.39, 0.29) is 18.4 Å². The molecule has 1 saturated heterocycles. The topological polar surface area (TPSA) is 44.8 Å². The third-order valence-electron chi connectivity index (χ3n) is 2.79. The molecule has 2 atom stereocenters. The van der Waals surface area contributed by atoms with Gasteiger partial charge >= 0.3 is 5.97 Å². The molecule has 2 rings (SSSR count). The lowest BCUT2D eigenvalue weighted by molar-refractivity contribution is -0.172. The largest absolute Gasteiger partial charge is 0.465 e. The number of benzene rings is 1. The maximum absolute atomic E-state index is 10.7.